The number of hydrogen-bond acceptors (Lipinski definition) is 10. The number of rotatable bonds is 9. The number of fused-ring (bicyclic) bond motifs is 1. The van der Waals surface area contributed by atoms with Gasteiger partial charge in [-0.15, -0.1) is 11.8 Å². The number of β-lactam (4-membered cyclic amide) rings is 1. The van der Waals surface area contributed by atoms with Gasteiger partial charge in [-0.1, -0.05) is 12.1 Å². The van der Waals surface area contributed by atoms with Gasteiger partial charge < -0.3 is 31.7 Å². The van der Waals surface area contributed by atoms with Crippen LogP contribution in [0.25, 0.3) is 0 Å². The van der Waals surface area contributed by atoms with Crippen molar-refractivity contribution in [3.8, 4) is 5.75 Å². The summed E-state index contributed by atoms with van der Waals surface area (Å²) in [4.78, 5) is 74.5. The van der Waals surface area contributed by atoms with Gasteiger partial charge in [-0.25, -0.2) is 9.59 Å². The molecule has 212 valence electrons. The molecule has 3 amide bonds. The Bertz CT molecular complexity index is 1230. The number of hydrogen-bond donors (Lipinski definition) is 4. The summed E-state index contributed by atoms with van der Waals surface area (Å²) >= 11 is 1.16. The van der Waals surface area contributed by atoms with Gasteiger partial charge in [0, 0.05) is 11.3 Å². The smallest absolute Gasteiger partial charge is 1.00 e. The van der Waals surface area contributed by atoms with Crippen molar-refractivity contribution in [3.05, 3.63) is 41.1 Å². The molecule has 3 atom stereocenters. The first-order chi connectivity index (χ1) is 18.2. The van der Waals surface area contributed by atoms with E-state index in [1.165, 1.54) is 31.2 Å². The van der Waals surface area contributed by atoms with Gasteiger partial charge in [0.05, 0.1) is 0 Å². The number of alkyl carbamates (subject to hydrolysis) is 1. The van der Waals surface area contributed by atoms with Gasteiger partial charge >= 0.3 is 47.6 Å². The Kier molecular flexibility index (Phi) is 11.2. The molecule has 2 heterocycles. The largest absolute Gasteiger partial charge is 1.00 e. The molecule has 1 aromatic carbocycles. The Morgan fingerprint density at radius 2 is 1.80 bits per heavy atom. The van der Waals surface area contributed by atoms with E-state index in [4.69, 9.17) is 9.47 Å². The number of nitrogens with zero attached hydrogens (tertiary/aromatic N) is 1. The van der Waals surface area contributed by atoms with Crippen LogP contribution in [0.5, 0.6) is 5.75 Å². The molecule has 0 spiro atoms. The van der Waals surface area contributed by atoms with Crippen LogP contribution in [0.4, 0.5) is 4.79 Å². The zero-order chi connectivity index (χ0) is 29.1. The number of nitrogens with one attached hydrogen (secondary N) is 2. The average molecular weight is 588 g/mol. The number of carboxylic acids is 1. The fraction of sp³-hybridized carbons (Fsp3) is 0.440. The quantitative estimate of drug-likeness (QED) is 0.112. The van der Waals surface area contributed by atoms with E-state index in [1.807, 2.05) is 0 Å². The van der Waals surface area contributed by atoms with Gasteiger partial charge in [0.2, 0.25) is 5.91 Å². The van der Waals surface area contributed by atoms with Crippen molar-refractivity contribution in [1.82, 2.24) is 15.5 Å². The van der Waals surface area contributed by atoms with E-state index in [1.54, 1.807) is 20.8 Å². The summed E-state index contributed by atoms with van der Waals surface area (Å²) < 4.78 is 10.2. The van der Waals surface area contributed by atoms with Crippen molar-refractivity contribution >= 4 is 47.4 Å². The van der Waals surface area contributed by atoms with Gasteiger partial charge in [0.15, 0.2) is 0 Å². The van der Waals surface area contributed by atoms with Gasteiger partial charge in [-0.2, -0.15) is 0 Å². The Morgan fingerprint density at radius 1 is 1.18 bits per heavy atom. The summed E-state index contributed by atoms with van der Waals surface area (Å²) in [5.41, 5.74) is -0.725. The maximum atomic E-state index is 13.3. The number of ether oxygens (including phenoxy) is 2. The third-order valence-corrected chi connectivity index (χ3v) is 6.84. The number of thioether (sulfide) groups is 1. The number of aromatic hydroxyl groups is 1. The number of carboxylic acid groups (broad SMARTS) is 1. The van der Waals surface area contributed by atoms with Crippen LogP contribution >= 0.6 is 11.8 Å². The standard InChI is InChI=1S/C25H29N3O10S.Na.H/c1-12(29)9-16(31)37-10-14-11-39-22-18(21(33)28(22)19(14)23(34)35)26-20(32)17(13-5-7-15(30)8-6-13)27-24(36)38-25(2,3)4;;/h5-8,17-18,22,30H,9-11H2,1-4H3,(H,26,32)(H,27,36)(H,34,35);;/q;+1;-1/t17?,18-,22-;;/m1../s1. The van der Waals surface area contributed by atoms with Crippen molar-refractivity contribution in [2.24, 2.45) is 0 Å². The minimum atomic E-state index is -1.41. The number of aliphatic carboxylic acids is 1. The van der Waals surface area contributed by atoms with Crippen LogP contribution < -0.4 is 40.2 Å². The van der Waals surface area contributed by atoms with E-state index in [0.29, 0.717) is 5.56 Å². The first-order valence-corrected chi connectivity index (χ1v) is 12.9. The summed E-state index contributed by atoms with van der Waals surface area (Å²) in [5, 5.41) is 23.6. The van der Waals surface area contributed by atoms with E-state index in [-0.39, 0.29) is 53.8 Å². The molecule has 40 heavy (non-hydrogen) atoms. The first-order valence-electron chi connectivity index (χ1n) is 11.8. The fourth-order valence-corrected chi connectivity index (χ4v) is 5.17. The van der Waals surface area contributed by atoms with Crippen molar-refractivity contribution in [2.45, 2.75) is 57.2 Å². The first kappa shape index (κ1) is 33.1. The summed E-state index contributed by atoms with van der Waals surface area (Å²) in [5.74, 6) is -4.06. The molecule has 0 aliphatic carbocycles. The molecule has 0 radical (unpaired) electrons. The Morgan fingerprint density at radius 3 is 2.35 bits per heavy atom. The Hall–Kier alpha value is -3.07. The molecule has 0 aromatic heterocycles. The number of carbonyl (C=O) groups is 6. The molecule has 4 N–H and O–H groups in total. The number of phenols is 1. The van der Waals surface area contributed by atoms with Crippen molar-refractivity contribution in [1.29, 1.82) is 0 Å². The second-order valence-electron chi connectivity index (χ2n) is 9.86. The molecule has 13 nitrogen and oxygen atoms in total. The van der Waals surface area contributed by atoms with Crippen LogP contribution in [-0.2, 0) is 33.4 Å². The third kappa shape index (κ3) is 8.22. The van der Waals surface area contributed by atoms with Crippen molar-refractivity contribution in [3.63, 3.8) is 0 Å². The molecule has 1 saturated heterocycles. The number of ketones is 1. The average Bonchev–Trinajstić information content (AvgIpc) is 2.82. The van der Waals surface area contributed by atoms with Gasteiger partial charge in [-0.3, -0.25) is 24.1 Å². The minimum absolute atomic E-state index is 0. The summed E-state index contributed by atoms with van der Waals surface area (Å²) in [7, 11) is 0. The third-order valence-electron chi connectivity index (χ3n) is 5.50. The van der Waals surface area contributed by atoms with Crippen molar-refractivity contribution in [2.75, 3.05) is 12.4 Å². The normalized spacial score (nSPS) is 18.8. The summed E-state index contributed by atoms with van der Waals surface area (Å²) in [6.07, 6.45) is -1.34. The zero-order valence-corrected chi connectivity index (χ0v) is 25.5. The van der Waals surface area contributed by atoms with Crippen LogP contribution in [0.15, 0.2) is 35.5 Å². The molecule has 2 aliphatic rings. The Balaban J connectivity index is 0.00000420. The molecule has 0 saturated carbocycles. The van der Waals surface area contributed by atoms with Crippen LogP contribution in [-0.4, -0.2) is 80.1 Å². The SMILES string of the molecule is CC(=O)CC(=O)OCC1=C(C(=O)O)N2C(=O)[C@@H](NC(=O)C(NC(=O)OC(C)(C)C)c3ccc(O)cc3)[C@H]2SC1.[H-].[Na+]. The maximum Gasteiger partial charge on any atom is 1.00 e. The van der Waals surface area contributed by atoms with E-state index in [2.05, 4.69) is 10.6 Å². The number of carbonyl (C=O) groups excluding carboxylic acids is 5. The maximum absolute atomic E-state index is 13.3. The molecular weight excluding hydrogens is 557 g/mol. The number of esters is 1. The van der Waals surface area contributed by atoms with Crippen LogP contribution in [0.3, 0.4) is 0 Å². The number of Topliss-reactive ketones (excluding diaryl/α,β-unsaturated/α-hetero) is 1. The molecule has 1 fully saturated rings. The van der Waals surface area contributed by atoms with Crippen LogP contribution in [0.1, 0.15) is 47.1 Å². The number of amides is 3. The Labute approximate surface area is 257 Å². The molecule has 3 rings (SSSR count). The topological polar surface area (TPSA) is 189 Å². The minimum Gasteiger partial charge on any atom is -1.00 e. The predicted octanol–water partition coefficient (Wildman–Crippen LogP) is -1.66. The number of benzene rings is 1. The zero-order valence-electron chi connectivity index (χ0n) is 23.7. The molecular formula is C25H30N3NaO10S. The summed E-state index contributed by atoms with van der Waals surface area (Å²) in [6.45, 7) is 5.76. The van der Waals surface area contributed by atoms with Crippen molar-refractivity contribution < 1.29 is 79.4 Å². The predicted molar refractivity (Wildman–Crippen MR) is 137 cm³/mol. The van der Waals surface area contributed by atoms with E-state index >= 15 is 0 Å². The molecule has 15 heteroatoms. The monoisotopic (exact) mass is 587 g/mol. The van der Waals surface area contributed by atoms with E-state index < -0.39 is 71.7 Å². The van der Waals surface area contributed by atoms with E-state index in [9.17, 15) is 39.0 Å². The molecule has 1 aromatic rings. The van der Waals surface area contributed by atoms with Crippen LogP contribution in [0, 0.1) is 0 Å². The fourth-order valence-electron chi connectivity index (χ4n) is 3.85. The van der Waals surface area contributed by atoms with Crippen LogP contribution in [0.2, 0.25) is 0 Å². The summed E-state index contributed by atoms with van der Waals surface area (Å²) in [6, 6.07) is 3.11. The molecule has 2 aliphatic heterocycles. The van der Waals surface area contributed by atoms with Gasteiger partial charge in [0.25, 0.3) is 5.91 Å². The molecule has 0 bridgehead atoms. The second kappa shape index (κ2) is 13.5. The van der Waals surface area contributed by atoms with E-state index in [0.717, 1.165) is 16.7 Å². The van der Waals surface area contributed by atoms with Gasteiger partial charge in [0.1, 0.15) is 53.3 Å². The van der Waals surface area contributed by atoms with Gasteiger partial charge in [-0.05, 0) is 45.4 Å². The second-order valence-corrected chi connectivity index (χ2v) is 11.0. The molecule has 1 unspecified atom stereocenters. The number of phenolic OH excluding ortho intramolecular Hbond substituents is 1.